The maximum Gasteiger partial charge on any atom is 0.408 e. The molecule has 188 valence electrons. The minimum absolute atomic E-state index is 0.237. The molecule has 2 aromatic heterocycles. The molecule has 0 saturated carbocycles. The lowest BCUT2D eigenvalue weighted by molar-refractivity contribution is 0.0505. The van der Waals surface area contributed by atoms with E-state index in [1.165, 1.54) is 4.90 Å². The van der Waals surface area contributed by atoms with Crippen LogP contribution in [0.3, 0.4) is 0 Å². The van der Waals surface area contributed by atoms with Gasteiger partial charge in [-0.05, 0) is 58.4 Å². The van der Waals surface area contributed by atoms with E-state index < -0.39 is 17.7 Å². The van der Waals surface area contributed by atoms with Gasteiger partial charge in [0.1, 0.15) is 5.60 Å². The van der Waals surface area contributed by atoms with Crippen molar-refractivity contribution in [2.24, 2.45) is 7.05 Å². The van der Waals surface area contributed by atoms with Crippen LogP contribution in [0.1, 0.15) is 66.6 Å². The maximum atomic E-state index is 13.0. The van der Waals surface area contributed by atoms with E-state index in [-0.39, 0.29) is 17.9 Å². The monoisotopic (exact) mass is 489 g/mol. The van der Waals surface area contributed by atoms with Crippen LogP contribution in [0, 0.1) is 0 Å². The van der Waals surface area contributed by atoms with Crippen LogP contribution in [0.2, 0.25) is 0 Å². The van der Waals surface area contributed by atoms with Crippen molar-refractivity contribution in [3.05, 3.63) is 59.4 Å². The van der Waals surface area contributed by atoms with Gasteiger partial charge in [-0.2, -0.15) is 0 Å². The Labute approximate surface area is 210 Å². The number of alkyl carbamates (subject to hydrolysis) is 1. The number of aromatic nitrogens is 2. The van der Waals surface area contributed by atoms with Gasteiger partial charge in [0.2, 0.25) is 0 Å². The Bertz CT molecular complexity index is 1340. The summed E-state index contributed by atoms with van der Waals surface area (Å²) in [6.45, 7) is 8.49. The van der Waals surface area contributed by atoms with Crippen LogP contribution < -0.4 is 10.2 Å². The molecule has 3 aromatic rings. The largest absolute Gasteiger partial charge is 0.444 e. The Balaban J connectivity index is 1.43. The van der Waals surface area contributed by atoms with Gasteiger partial charge in [0.15, 0.2) is 0 Å². The van der Waals surface area contributed by atoms with Crippen LogP contribution in [0.5, 0.6) is 0 Å². The van der Waals surface area contributed by atoms with E-state index in [0.29, 0.717) is 36.3 Å². The summed E-state index contributed by atoms with van der Waals surface area (Å²) in [6, 6.07) is 10.3. The number of rotatable bonds is 4. The molecule has 2 aliphatic rings. The molecular formula is C27H31N5O4. The second-order valence-electron chi connectivity index (χ2n) is 10.5. The highest BCUT2D eigenvalue weighted by Gasteiger charge is 2.42. The summed E-state index contributed by atoms with van der Waals surface area (Å²) >= 11 is 0. The summed E-state index contributed by atoms with van der Waals surface area (Å²) in [6.07, 6.45) is 2.09. The number of pyridine rings is 1. The van der Waals surface area contributed by atoms with E-state index in [0.717, 1.165) is 16.7 Å². The van der Waals surface area contributed by atoms with E-state index in [2.05, 4.69) is 16.3 Å². The standard InChI is InChI=1S/C27H31N5O4/c1-16(28-26(35)36-27(2,3)4)23-22(14-21-20(29-23)11-12-30(21)5)31-13-10-17(15-31)32-24(33)18-8-6-7-9-19(18)25(32)34/h6-9,11-12,14,16-17H,10,13,15H2,1-5H3,(H,28,35)/t16-,17?/m0/s1. The average Bonchev–Trinajstić information content (AvgIpc) is 3.49. The lowest BCUT2D eigenvalue weighted by Gasteiger charge is -2.27. The van der Waals surface area contributed by atoms with Crippen molar-refractivity contribution < 1.29 is 19.1 Å². The molecule has 1 fully saturated rings. The number of imide groups is 1. The van der Waals surface area contributed by atoms with Gasteiger partial charge in [0.05, 0.1) is 45.6 Å². The molecule has 9 nitrogen and oxygen atoms in total. The summed E-state index contributed by atoms with van der Waals surface area (Å²) in [4.78, 5) is 47.0. The normalized spacial score (nSPS) is 18.6. The van der Waals surface area contributed by atoms with Crippen molar-refractivity contribution in [1.29, 1.82) is 0 Å². The zero-order valence-corrected chi connectivity index (χ0v) is 21.2. The SMILES string of the molecule is C[C@H](NC(=O)OC(C)(C)C)c1nc2ccn(C)c2cc1N1CCC(N2C(=O)c3ccccc3C2=O)C1. The van der Waals surface area contributed by atoms with Crippen LogP contribution >= 0.6 is 0 Å². The predicted octanol–water partition coefficient (Wildman–Crippen LogP) is 4.03. The summed E-state index contributed by atoms with van der Waals surface area (Å²) in [5.41, 5.74) is 3.67. The van der Waals surface area contributed by atoms with Gasteiger partial charge < -0.3 is 19.5 Å². The quantitative estimate of drug-likeness (QED) is 0.556. The van der Waals surface area contributed by atoms with Crippen LogP contribution in [0.25, 0.3) is 11.0 Å². The Morgan fingerprint density at radius 3 is 2.44 bits per heavy atom. The lowest BCUT2D eigenvalue weighted by atomic mass is 10.1. The number of fused-ring (bicyclic) bond motifs is 2. The Morgan fingerprint density at radius 1 is 1.14 bits per heavy atom. The molecule has 0 bridgehead atoms. The van der Waals surface area contributed by atoms with Gasteiger partial charge in [-0.3, -0.25) is 14.5 Å². The number of aryl methyl sites for hydroxylation is 1. The highest BCUT2D eigenvalue weighted by molar-refractivity contribution is 6.21. The fourth-order valence-electron chi connectivity index (χ4n) is 5.03. The number of hydrogen-bond acceptors (Lipinski definition) is 6. The Morgan fingerprint density at radius 2 is 1.81 bits per heavy atom. The number of hydrogen-bond donors (Lipinski definition) is 1. The van der Waals surface area contributed by atoms with Crippen molar-refractivity contribution in [1.82, 2.24) is 19.8 Å². The number of carbonyl (C=O) groups is 3. The van der Waals surface area contributed by atoms with Gasteiger partial charge in [0.25, 0.3) is 11.8 Å². The van der Waals surface area contributed by atoms with Crippen molar-refractivity contribution in [2.45, 2.75) is 51.8 Å². The number of ether oxygens (including phenoxy) is 1. The molecule has 0 aliphatic carbocycles. The maximum absolute atomic E-state index is 13.0. The molecule has 3 amide bonds. The summed E-state index contributed by atoms with van der Waals surface area (Å²) in [7, 11) is 1.96. The summed E-state index contributed by atoms with van der Waals surface area (Å²) in [5.74, 6) is -0.475. The fourth-order valence-corrected chi connectivity index (χ4v) is 5.03. The van der Waals surface area contributed by atoms with Crippen LogP contribution in [-0.2, 0) is 11.8 Å². The van der Waals surface area contributed by atoms with E-state index >= 15 is 0 Å². The summed E-state index contributed by atoms with van der Waals surface area (Å²) in [5, 5.41) is 2.90. The fraction of sp³-hybridized carbons (Fsp3) is 0.407. The molecule has 36 heavy (non-hydrogen) atoms. The van der Waals surface area contributed by atoms with Crippen LogP contribution in [-0.4, -0.2) is 57.1 Å². The molecule has 1 saturated heterocycles. The first-order valence-corrected chi connectivity index (χ1v) is 12.2. The van der Waals surface area contributed by atoms with E-state index in [1.807, 2.05) is 51.6 Å². The highest BCUT2D eigenvalue weighted by atomic mass is 16.6. The zero-order valence-electron chi connectivity index (χ0n) is 21.2. The average molecular weight is 490 g/mol. The Hall–Kier alpha value is -3.88. The lowest BCUT2D eigenvalue weighted by Crippen LogP contribution is -2.41. The van der Waals surface area contributed by atoms with Crippen molar-refractivity contribution in [2.75, 3.05) is 18.0 Å². The third-order valence-corrected chi connectivity index (χ3v) is 6.71. The van der Waals surface area contributed by atoms with Crippen molar-refractivity contribution >= 4 is 34.6 Å². The van der Waals surface area contributed by atoms with Gasteiger partial charge in [-0.1, -0.05) is 12.1 Å². The first-order chi connectivity index (χ1) is 17.0. The molecule has 5 rings (SSSR count). The Kier molecular flexibility index (Phi) is 5.73. The molecule has 1 unspecified atom stereocenters. The second-order valence-corrected chi connectivity index (χ2v) is 10.5. The molecule has 9 heteroatoms. The molecule has 1 aromatic carbocycles. The third-order valence-electron chi connectivity index (χ3n) is 6.71. The number of nitrogens with zero attached hydrogens (tertiary/aromatic N) is 4. The molecule has 0 spiro atoms. The highest BCUT2D eigenvalue weighted by Crippen LogP contribution is 2.34. The number of anilines is 1. The topological polar surface area (TPSA) is 96.8 Å². The molecular weight excluding hydrogens is 458 g/mol. The first-order valence-electron chi connectivity index (χ1n) is 12.2. The molecule has 2 aliphatic heterocycles. The zero-order chi connectivity index (χ0) is 25.8. The smallest absolute Gasteiger partial charge is 0.408 e. The van der Waals surface area contributed by atoms with E-state index in [1.54, 1.807) is 24.3 Å². The van der Waals surface area contributed by atoms with Crippen molar-refractivity contribution in [3.63, 3.8) is 0 Å². The minimum atomic E-state index is -0.613. The van der Waals surface area contributed by atoms with E-state index in [9.17, 15) is 14.4 Å². The number of amides is 3. The van der Waals surface area contributed by atoms with E-state index in [4.69, 9.17) is 9.72 Å². The molecule has 4 heterocycles. The third kappa shape index (κ3) is 4.19. The number of carbonyl (C=O) groups excluding carboxylic acids is 3. The van der Waals surface area contributed by atoms with Gasteiger partial charge in [-0.15, -0.1) is 0 Å². The van der Waals surface area contributed by atoms with Gasteiger partial charge >= 0.3 is 6.09 Å². The second kappa shape index (κ2) is 8.65. The van der Waals surface area contributed by atoms with Crippen LogP contribution in [0.15, 0.2) is 42.6 Å². The minimum Gasteiger partial charge on any atom is -0.444 e. The summed E-state index contributed by atoms with van der Waals surface area (Å²) < 4.78 is 7.45. The molecule has 1 N–H and O–H groups in total. The number of nitrogens with one attached hydrogen (secondary N) is 1. The number of benzene rings is 1. The van der Waals surface area contributed by atoms with Crippen LogP contribution in [0.4, 0.5) is 10.5 Å². The van der Waals surface area contributed by atoms with Gasteiger partial charge in [-0.25, -0.2) is 9.78 Å². The van der Waals surface area contributed by atoms with Gasteiger partial charge in [0, 0.05) is 26.3 Å². The van der Waals surface area contributed by atoms with Crippen molar-refractivity contribution in [3.8, 4) is 0 Å². The molecule has 0 radical (unpaired) electrons. The first kappa shape index (κ1) is 23.8. The predicted molar refractivity (Wildman–Crippen MR) is 136 cm³/mol. The molecule has 2 atom stereocenters.